The minimum Gasteiger partial charge on any atom is -0.351 e. The average molecular weight is 588 g/mol. The molecule has 0 atom stereocenters. The Bertz CT molecular complexity index is 1560. The van der Waals surface area contributed by atoms with E-state index in [4.69, 9.17) is 16.6 Å². The summed E-state index contributed by atoms with van der Waals surface area (Å²) in [6.45, 7) is 6.55. The number of carbonyl (C=O) groups excluding carboxylic acids is 1. The molecule has 4 aromatic rings. The lowest BCUT2D eigenvalue weighted by Crippen LogP contribution is -2.48. The van der Waals surface area contributed by atoms with Crippen LogP contribution >= 0.6 is 22.9 Å². The number of nitrogens with one attached hydrogen (secondary N) is 2. The van der Waals surface area contributed by atoms with Gasteiger partial charge in [-0.3, -0.25) is 14.4 Å². The number of benzene rings is 3. The third-order valence-electron chi connectivity index (χ3n) is 6.54. The van der Waals surface area contributed by atoms with Gasteiger partial charge in [-0.1, -0.05) is 35.1 Å². The zero-order valence-corrected chi connectivity index (χ0v) is 23.5. The lowest BCUT2D eigenvalue weighted by Gasteiger charge is -2.34. The number of thiazole rings is 1. The molecule has 1 aliphatic heterocycles. The molecule has 1 aromatic heterocycles. The van der Waals surface area contributed by atoms with Crippen molar-refractivity contribution in [3.63, 3.8) is 0 Å². The SMILES string of the molecule is Cc1ccc(Cl)c2sc(N3CCN(CCNC(=O)c4cccc(NS(=O)(=O)c5ccc(F)cc5)c4)CC3)nc12. The normalized spacial score (nSPS) is 14.5. The number of halogens is 2. The van der Waals surface area contributed by atoms with Crippen molar-refractivity contribution in [2.24, 2.45) is 0 Å². The van der Waals surface area contributed by atoms with Crippen LogP contribution < -0.4 is 14.9 Å². The summed E-state index contributed by atoms with van der Waals surface area (Å²) in [5.41, 5.74) is 2.65. The van der Waals surface area contributed by atoms with E-state index in [0.29, 0.717) is 18.7 Å². The molecular weight excluding hydrogens is 561 g/mol. The van der Waals surface area contributed by atoms with E-state index in [1.807, 2.05) is 19.1 Å². The van der Waals surface area contributed by atoms with Crippen LogP contribution in [0.3, 0.4) is 0 Å². The molecule has 0 spiro atoms. The second-order valence-corrected chi connectivity index (χ2v) is 12.3. The fourth-order valence-corrected chi connectivity index (χ4v) is 6.79. The van der Waals surface area contributed by atoms with Crippen molar-refractivity contribution in [3.05, 3.63) is 82.6 Å². The summed E-state index contributed by atoms with van der Waals surface area (Å²) in [6.07, 6.45) is 0. The Balaban J connectivity index is 1.11. The van der Waals surface area contributed by atoms with E-state index in [9.17, 15) is 17.6 Å². The summed E-state index contributed by atoms with van der Waals surface area (Å²) in [4.78, 5) is 22.0. The molecule has 0 unspecified atom stereocenters. The van der Waals surface area contributed by atoms with E-state index < -0.39 is 15.8 Å². The van der Waals surface area contributed by atoms with Gasteiger partial charge < -0.3 is 10.2 Å². The number of aryl methyl sites for hydroxylation is 1. The van der Waals surface area contributed by atoms with Crippen molar-refractivity contribution in [2.75, 3.05) is 48.9 Å². The molecule has 8 nitrogen and oxygen atoms in total. The molecule has 3 aromatic carbocycles. The third kappa shape index (κ3) is 6.33. The molecule has 204 valence electrons. The van der Waals surface area contributed by atoms with Gasteiger partial charge in [0.2, 0.25) is 0 Å². The maximum atomic E-state index is 13.1. The maximum absolute atomic E-state index is 13.1. The number of hydrogen-bond acceptors (Lipinski definition) is 7. The van der Waals surface area contributed by atoms with Gasteiger partial charge >= 0.3 is 0 Å². The highest BCUT2D eigenvalue weighted by molar-refractivity contribution is 7.92. The number of piperazine rings is 1. The van der Waals surface area contributed by atoms with E-state index in [1.165, 1.54) is 18.2 Å². The third-order valence-corrected chi connectivity index (χ3v) is 9.52. The van der Waals surface area contributed by atoms with Crippen LogP contribution in [-0.2, 0) is 10.0 Å². The molecule has 1 aliphatic rings. The second-order valence-electron chi connectivity index (χ2n) is 9.26. The fourth-order valence-electron chi connectivity index (χ4n) is 4.37. The molecule has 1 amide bonds. The highest BCUT2D eigenvalue weighted by Gasteiger charge is 2.21. The van der Waals surface area contributed by atoms with Crippen LogP contribution in [0.2, 0.25) is 5.02 Å². The number of anilines is 2. The Kier molecular flexibility index (Phi) is 8.03. The van der Waals surface area contributed by atoms with Gasteiger partial charge in [0.1, 0.15) is 5.82 Å². The minimum absolute atomic E-state index is 0.0686. The topological polar surface area (TPSA) is 94.6 Å². The average Bonchev–Trinajstić information content (AvgIpc) is 3.38. The Morgan fingerprint density at radius 1 is 1.08 bits per heavy atom. The summed E-state index contributed by atoms with van der Waals surface area (Å²) >= 11 is 7.98. The Morgan fingerprint density at radius 3 is 2.54 bits per heavy atom. The van der Waals surface area contributed by atoms with Gasteiger partial charge in [0.05, 0.1) is 20.1 Å². The summed E-state index contributed by atoms with van der Waals surface area (Å²) in [6, 6.07) is 14.7. The van der Waals surface area contributed by atoms with Gasteiger partial charge in [0.25, 0.3) is 15.9 Å². The number of amides is 1. The van der Waals surface area contributed by atoms with E-state index in [0.717, 1.165) is 64.2 Å². The van der Waals surface area contributed by atoms with E-state index >= 15 is 0 Å². The lowest BCUT2D eigenvalue weighted by atomic mass is 10.2. The zero-order valence-electron chi connectivity index (χ0n) is 21.2. The molecule has 39 heavy (non-hydrogen) atoms. The molecule has 0 bridgehead atoms. The monoisotopic (exact) mass is 587 g/mol. The molecule has 0 saturated carbocycles. The molecular formula is C27H27ClFN5O3S2. The summed E-state index contributed by atoms with van der Waals surface area (Å²) < 4.78 is 41.7. The molecule has 1 fully saturated rings. The maximum Gasteiger partial charge on any atom is 0.261 e. The number of rotatable bonds is 8. The first-order valence-electron chi connectivity index (χ1n) is 12.4. The van der Waals surface area contributed by atoms with Gasteiger partial charge in [-0.15, -0.1) is 0 Å². The summed E-state index contributed by atoms with van der Waals surface area (Å²) in [5, 5.41) is 4.61. The molecule has 0 aliphatic carbocycles. The fraction of sp³-hybridized carbons (Fsp3) is 0.259. The van der Waals surface area contributed by atoms with E-state index in [-0.39, 0.29) is 16.5 Å². The quantitative estimate of drug-likeness (QED) is 0.309. The second kappa shape index (κ2) is 11.5. The van der Waals surface area contributed by atoms with Crippen molar-refractivity contribution >= 4 is 59.9 Å². The van der Waals surface area contributed by atoms with E-state index in [2.05, 4.69) is 19.8 Å². The predicted molar refractivity (Wildman–Crippen MR) is 154 cm³/mol. The van der Waals surface area contributed by atoms with Crippen molar-refractivity contribution < 1.29 is 17.6 Å². The first-order chi connectivity index (χ1) is 18.7. The number of sulfonamides is 1. The van der Waals surface area contributed by atoms with E-state index in [1.54, 1.807) is 29.5 Å². The number of fused-ring (bicyclic) bond motifs is 1. The number of nitrogens with zero attached hydrogens (tertiary/aromatic N) is 3. The van der Waals surface area contributed by atoms with Crippen LogP contribution in [0.25, 0.3) is 10.2 Å². The lowest BCUT2D eigenvalue weighted by molar-refractivity contribution is 0.0948. The summed E-state index contributed by atoms with van der Waals surface area (Å²) in [5.74, 6) is -0.818. The molecule has 0 radical (unpaired) electrons. The van der Waals surface area contributed by atoms with Crippen LogP contribution in [0.1, 0.15) is 15.9 Å². The number of hydrogen-bond donors (Lipinski definition) is 2. The van der Waals surface area contributed by atoms with Gasteiger partial charge in [0.15, 0.2) is 5.13 Å². The highest BCUT2D eigenvalue weighted by Crippen LogP contribution is 2.35. The Hall–Kier alpha value is -3.25. The van der Waals surface area contributed by atoms with Crippen molar-refractivity contribution in [3.8, 4) is 0 Å². The minimum atomic E-state index is -3.91. The predicted octanol–water partition coefficient (Wildman–Crippen LogP) is 4.75. The molecule has 2 N–H and O–H groups in total. The standard InChI is InChI=1S/C27H27ClFN5O3S2/c1-18-5-10-23(28)25-24(18)31-27(38-25)34-15-13-33(14-16-34)12-11-30-26(35)19-3-2-4-21(17-19)32-39(36,37)22-8-6-20(29)7-9-22/h2-10,17,32H,11-16H2,1H3,(H,30,35). The molecule has 2 heterocycles. The molecule has 12 heteroatoms. The highest BCUT2D eigenvalue weighted by atomic mass is 35.5. The van der Waals surface area contributed by atoms with Crippen LogP contribution in [-0.4, -0.2) is 63.5 Å². The van der Waals surface area contributed by atoms with Crippen molar-refractivity contribution in [1.82, 2.24) is 15.2 Å². The largest absolute Gasteiger partial charge is 0.351 e. The van der Waals surface area contributed by atoms with Gasteiger partial charge in [0, 0.05) is 50.5 Å². The molecule has 1 saturated heterocycles. The van der Waals surface area contributed by atoms with Crippen LogP contribution in [0.4, 0.5) is 15.2 Å². The first kappa shape index (κ1) is 27.3. The van der Waals surface area contributed by atoms with Gasteiger partial charge in [-0.05, 0) is 61.0 Å². The van der Waals surface area contributed by atoms with Gasteiger partial charge in [-0.2, -0.15) is 0 Å². The van der Waals surface area contributed by atoms with Gasteiger partial charge in [-0.25, -0.2) is 17.8 Å². The van der Waals surface area contributed by atoms with Crippen LogP contribution in [0.5, 0.6) is 0 Å². The molecule has 5 rings (SSSR count). The van der Waals surface area contributed by atoms with Crippen LogP contribution in [0, 0.1) is 12.7 Å². The van der Waals surface area contributed by atoms with Crippen molar-refractivity contribution in [1.29, 1.82) is 0 Å². The Morgan fingerprint density at radius 2 is 1.82 bits per heavy atom. The number of carbonyl (C=O) groups is 1. The Labute approximate surface area is 235 Å². The number of aromatic nitrogens is 1. The van der Waals surface area contributed by atoms with Crippen LogP contribution in [0.15, 0.2) is 65.6 Å². The summed E-state index contributed by atoms with van der Waals surface area (Å²) in [7, 11) is -3.91. The van der Waals surface area contributed by atoms with Crippen molar-refractivity contribution in [2.45, 2.75) is 11.8 Å². The first-order valence-corrected chi connectivity index (χ1v) is 15.1. The smallest absolute Gasteiger partial charge is 0.261 e. The zero-order chi connectivity index (χ0) is 27.6.